The minimum atomic E-state index is -4.77. The molecule has 1 aromatic carbocycles. The van der Waals surface area contributed by atoms with Gasteiger partial charge >= 0.3 is 17.8 Å². The Hall–Kier alpha value is -2.56. The summed E-state index contributed by atoms with van der Waals surface area (Å²) in [5.41, 5.74) is -0.133. The van der Waals surface area contributed by atoms with Gasteiger partial charge < -0.3 is 10.1 Å². The lowest BCUT2D eigenvalue weighted by Gasteiger charge is -2.29. The Morgan fingerprint density at radius 2 is 1.76 bits per heavy atom. The molecule has 2 unspecified atom stereocenters. The van der Waals surface area contributed by atoms with Gasteiger partial charge in [-0.05, 0) is 43.0 Å². The van der Waals surface area contributed by atoms with Crippen LogP contribution in [0.15, 0.2) is 29.2 Å². The predicted molar refractivity (Wildman–Crippen MR) is 98.0 cm³/mol. The lowest BCUT2D eigenvalue weighted by Crippen LogP contribution is -2.48. The van der Waals surface area contributed by atoms with Crippen molar-refractivity contribution in [3.8, 4) is 0 Å². The topological polar surface area (TPSA) is 119 Å². The first-order valence-electron chi connectivity index (χ1n) is 9.01. The van der Waals surface area contributed by atoms with Crippen LogP contribution in [0.1, 0.15) is 43.0 Å². The molecule has 1 fully saturated rings. The number of nitrogens with one attached hydrogen (secondary N) is 2. The molecule has 0 aromatic heterocycles. The second-order valence-corrected chi connectivity index (χ2v) is 8.71. The molecule has 1 aliphatic carbocycles. The van der Waals surface area contributed by atoms with Gasteiger partial charge in [0.25, 0.3) is 5.91 Å². The molecule has 3 amide bonds. The van der Waals surface area contributed by atoms with Crippen LogP contribution < -0.4 is 10.6 Å². The van der Waals surface area contributed by atoms with Gasteiger partial charge in [0.05, 0.1) is 10.5 Å². The molecule has 160 valence electrons. The van der Waals surface area contributed by atoms with Crippen LogP contribution in [0.25, 0.3) is 0 Å². The van der Waals surface area contributed by atoms with Crippen LogP contribution in [0.2, 0.25) is 0 Å². The molecule has 0 spiro atoms. The molecule has 1 aromatic rings. The van der Waals surface area contributed by atoms with Crippen molar-refractivity contribution in [2.75, 3.05) is 6.61 Å². The number of amides is 3. The molecule has 0 heterocycles. The van der Waals surface area contributed by atoms with Crippen molar-refractivity contribution < 1.29 is 36.3 Å². The van der Waals surface area contributed by atoms with Gasteiger partial charge in [-0.15, -0.1) is 0 Å². The van der Waals surface area contributed by atoms with Crippen molar-refractivity contribution in [3.05, 3.63) is 29.8 Å². The average Bonchev–Trinajstić information content (AvgIpc) is 2.67. The number of ether oxygens (including phenoxy) is 1. The molecule has 2 rings (SSSR count). The van der Waals surface area contributed by atoms with Crippen LogP contribution >= 0.6 is 0 Å². The monoisotopic (exact) mass is 432 g/mol. The minimum absolute atomic E-state index is 0.0258. The summed E-state index contributed by atoms with van der Waals surface area (Å²) in [4.78, 5) is 34.9. The lowest BCUT2D eigenvalue weighted by atomic mass is 9.86. The molecule has 8 nitrogen and oxygen atoms in total. The first-order chi connectivity index (χ1) is 13.6. The molecule has 1 saturated carbocycles. The fourth-order valence-electron chi connectivity index (χ4n) is 3.00. The van der Waals surface area contributed by atoms with Gasteiger partial charge in [-0.25, -0.2) is 18.0 Å². The summed E-state index contributed by atoms with van der Waals surface area (Å²) in [5, 5.41) is 4.79. The van der Waals surface area contributed by atoms with E-state index in [0.717, 1.165) is 49.9 Å². The van der Waals surface area contributed by atoms with Gasteiger partial charge in [0, 0.05) is 6.04 Å². The smallest absolute Gasteiger partial charge is 0.341 e. The zero-order chi connectivity index (χ0) is 21.6. The predicted octanol–water partition coefficient (Wildman–Crippen LogP) is 2.24. The van der Waals surface area contributed by atoms with E-state index in [9.17, 15) is 31.6 Å². The maximum absolute atomic E-state index is 12.5. The average molecular weight is 432 g/mol. The van der Waals surface area contributed by atoms with Crippen LogP contribution in [-0.2, 0) is 19.4 Å². The highest BCUT2D eigenvalue weighted by molar-refractivity contribution is 7.91. The van der Waals surface area contributed by atoms with Gasteiger partial charge in [0.15, 0.2) is 6.61 Å². The Bertz CT molecular complexity index is 858. The molecule has 0 radical (unpaired) electrons. The van der Waals surface area contributed by atoms with Crippen molar-refractivity contribution >= 4 is 27.7 Å². The summed E-state index contributed by atoms with van der Waals surface area (Å²) in [7, 11) is -4.77. The number of sulfone groups is 1. The number of imide groups is 1. The second kappa shape index (κ2) is 9.77. The Morgan fingerprint density at radius 3 is 2.34 bits per heavy atom. The largest absolute Gasteiger partial charge is 0.452 e. The lowest BCUT2D eigenvalue weighted by molar-refractivity contribution is -0.123. The van der Waals surface area contributed by atoms with Crippen LogP contribution in [0, 0.1) is 5.92 Å². The van der Waals surface area contributed by atoms with E-state index >= 15 is 0 Å². The standard InChI is InChI=1S/C18H22F2N2O6S/c1-11-4-2-3-5-14(11)21-18(25)22-15(23)10-28-16(24)12-6-8-13(9-7-12)29(26,27)17(19)20/h6-9,11,14,17H,2-5,10H2,1H3,(H2,21,22,23,25). The maximum Gasteiger partial charge on any atom is 0.341 e. The van der Waals surface area contributed by atoms with Crippen molar-refractivity contribution in [3.63, 3.8) is 0 Å². The quantitative estimate of drug-likeness (QED) is 0.666. The number of carbonyl (C=O) groups is 3. The summed E-state index contributed by atoms with van der Waals surface area (Å²) >= 11 is 0. The number of benzene rings is 1. The molecule has 29 heavy (non-hydrogen) atoms. The van der Waals surface area contributed by atoms with Gasteiger partial charge in [0.1, 0.15) is 0 Å². The number of esters is 1. The highest BCUT2D eigenvalue weighted by Crippen LogP contribution is 2.23. The SMILES string of the molecule is CC1CCCCC1NC(=O)NC(=O)COC(=O)c1ccc(S(=O)(=O)C(F)F)cc1. The fourth-order valence-corrected chi connectivity index (χ4v) is 3.72. The van der Waals surface area contributed by atoms with Crippen molar-refractivity contribution in [1.29, 1.82) is 0 Å². The Kier molecular flexibility index (Phi) is 7.66. The van der Waals surface area contributed by atoms with E-state index in [1.165, 1.54) is 0 Å². The van der Waals surface area contributed by atoms with E-state index < -0.39 is 45.0 Å². The first kappa shape index (κ1) is 22.7. The van der Waals surface area contributed by atoms with Gasteiger partial charge in [-0.3, -0.25) is 10.1 Å². The molecule has 2 N–H and O–H groups in total. The summed E-state index contributed by atoms with van der Waals surface area (Å²) in [6.07, 6.45) is 3.92. The van der Waals surface area contributed by atoms with E-state index in [2.05, 4.69) is 10.6 Å². The second-order valence-electron chi connectivity index (χ2n) is 6.80. The van der Waals surface area contributed by atoms with Gasteiger partial charge in [0.2, 0.25) is 9.84 Å². The fraction of sp³-hybridized carbons (Fsp3) is 0.500. The number of hydrogen-bond acceptors (Lipinski definition) is 6. The molecule has 2 atom stereocenters. The Balaban J connectivity index is 1.82. The van der Waals surface area contributed by atoms with Crippen LogP contribution in [0.5, 0.6) is 0 Å². The molecule has 0 aliphatic heterocycles. The summed E-state index contributed by atoms with van der Waals surface area (Å²) < 4.78 is 52.4. The van der Waals surface area contributed by atoms with Gasteiger partial charge in [-0.1, -0.05) is 19.8 Å². The van der Waals surface area contributed by atoms with E-state index in [4.69, 9.17) is 4.74 Å². The van der Waals surface area contributed by atoms with E-state index in [1.807, 2.05) is 6.92 Å². The molecule has 11 heteroatoms. The number of hydrogen-bond donors (Lipinski definition) is 2. The number of halogens is 2. The third-order valence-electron chi connectivity index (χ3n) is 4.67. The first-order valence-corrected chi connectivity index (χ1v) is 10.6. The van der Waals surface area contributed by atoms with Crippen LogP contribution in [0.3, 0.4) is 0 Å². The summed E-state index contributed by atoms with van der Waals surface area (Å²) in [6.45, 7) is 1.29. The van der Waals surface area contributed by atoms with E-state index in [1.54, 1.807) is 0 Å². The molecule has 0 bridgehead atoms. The van der Waals surface area contributed by atoms with E-state index in [-0.39, 0.29) is 11.6 Å². The third-order valence-corrected chi connectivity index (χ3v) is 6.07. The Labute approximate surface area is 166 Å². The highest BCUT2D eigenvalue weighted by atomic mass is 32.2. The third kappa shape index (κ3) is 6.21. The minimum Gasteiger partial charge on any atom is -0.452 e. The highest BCUT2D eigenvalue weighted by Gasteiger charge is 2.27. The maximum atomic E-state index is 12.5. The number of carbonyl (C=O) groups excluding carboxylic acids is 3. The normalized spacial score (nSPS) is 19.4. The van der Waals surface area contributed by atoms with Crippen molar-refractivity contribution in [1.82, 2.24) is 10.6 Å². The molecular weight excluding hydrogens is 410 g/mol. The van der Waals surface area contributed by atoms with Crippen molar-refractivity contribution in [2.24, 2.45) is 5.92 Å². The molecule has 0 saturated heterocycles. The van der Waals surface area contributed by atoms with Crippen molar-refractivity contribution in [2.45, 2.75) is 49.3 Å². The summed E-state index contributed by atoms with van der Waals surface area (Å²) in [6, 6.07) is 2.97. The number of alkyl halides is 2. The van der Waals surface area contributed by atoms with E-state index in [0.29, 0.717) is 5.92 Å². The molecule has 1 aliphatic rings. The zero-order valence-corrected chi connectivity index (χ0v) is 16.5. The summed E-state index contributed by atoms with van der Waals surface area (Å²) in [5.74, 6) is -5.08. The number of rotatable bonds is 6. The zero-order valence-electron chi connectivity index (χ0n) is 15.7. The molecular formula is C18H22F2N2O6S. The van der Waals surface area contributed by atoms with Crippen LogP contribution in [0.4, 0.5) is 13.6 Å². The van der Waals surface area contributed by atoms with Gasteiger partial charge in [-0.2, -0.15) is 8.78 Å². The van der Waals surface area contributed by atoms with Crippen LogP contribution in [-0.4, -0.2) is 44.7 Å². The number of urea groups is 1. The Morgan fingerprint density at radius 1 is 1.14 bits per heavy atom.